The molecule has 1 fully saturated rings. The maximum Gasteiger partial charge on any atom is 0.242 e. The monoisotopic (exact) mass is 296 g/mol. The van der Waals surface area contributed by atoms with Crippen molar-refractivity contribution in [2.75, 3.05) is 7.05 Å². The minimum atomic E-state index is -0.593. The van der Waals surface area contributed by atoms with Gasteiger partial charge in [0, 0.05) is 18.1 Å². The lowest BCUT2D eigenvalue weighted by atomic mass is 9.76. The van der Waals surface area contributed by atoms with Gasteiger partial charge in [0.25, 0.3) is 0 Å². The molecular weight excluding hydrogens is 280 g/mol. The Morgan fingerprint density at radius 3 is 2.47 bits per heavy atom. The lowest BCUT2D eigenvalue weighted by Crippen LogP contribution is -2.58. The molecule has 4 heteroatoms. The summed E-state index contributed by atoms with van der Waals surface area (Å²) in [6, 6.07) is 7.99. The van der Waals surface area contributed by atoms with E-state index in [-0.39, 0.29) is 5.91 Å². The van der Waals surface area contributed by atoms with Crippen LogP contribution in [0.25, 0.3) is 0 Å². The normalized spacial score (nSPS) is 17.4. The first-order chi connectivity index (χ1) is 8.01. The Morgan fingerprint density at radius 1 is 1.41 bits per heavy atom. The molecule has 0 radical (unpaired) electrons. The van der Waals surface area contributed by atoms with Crippen LogP contribution in [0.4, 0.5) is 0 Å². The number of carbonyl (C=O) groups excluding carboxylic acids is 1. The molecule has 1 aromatic carbocycles. The number of halogens is 1. The van der Waals surface area contributed by atoms with E-state index in [1.165, 1.54) is 0 Å². The van der Waals surface area contributed by atoms with Gasteiger partial charge in [0.2, 0.25) is 5.91 Å². The van der Waals surface area contributed by atoms with Crippen molar-refractivity contribution in [1.29, 1.82) is 0 Å². The van der Waals surface area contributed by atoms with E-state index >= 15 is 0 Å². The number of hydrogen-bond donors (Lipinski definition) is 1. The van der Waals surface area contributed by atoms with Crippen LogP contribution in [-0.2, 0) is 11.3 Å². The summed E-state index contributed by atoms with van der Waals surface area (Å²) in [6.07, 6.45) is 2.70. The molecule has 0 aromatic heterocycles. The zero-order chi connectivity index (χ0) is 12.5. The van der Waals surface area contributed by atoms with Gasteiger partial charge in [-0.3, -0.25) is 4.79 Å². The molecule has 1 saturated carbocycles. The molecule has 0 atom stereocenters. The number of carbonyl (C=O) groups is 1. The van der Waals surface area contributed by atoms with Crippen LogP contribution in [-0.4, -0.2) is 23.4 Å². The van der Waals surface area contributed by atoms with Crippen LogP contribution < -0.4 is 5.73 Å². The van der Waals surface area contributed by atoms with E-state index in [1.54, 1.807) is 4.90 Å². The van der Waals surface area contributed by atoms with Gasteiger partial charge in [0.15, 0.2) is 0 Å². The van der Waals surface area contributed by atoms with Gasteiger partial charge in [-0.2, -0.15) is 0 Å². The Morgan fingerprint density at radius 2 is 2.00 bits per heavy atom. The molecule has 3 nitrogen and oxygen atoms in total. The highest BCUT2D eigenvalue weighted by molar-refractivity contribution is 9.10. The molecule has 0 aliphatic heterocycles. The number of nitrogens with two attached hydrogens (primary N) is 1. The van der Waals surface area contributed by atoms with Crippen molar-refractivity contribution in [3.63, 3.8) is 0 Å². The molecule has 0 spiro atoms. The zero-order valence-corrected chi connectivity index (χ0v) is 11.5. The van der Waals surface area contributed by atoms with Crippen molar-refractivity contribution < 1.29 is 4.79 Å². The number of hydrogen-bond acceptors (Lipinski definition) is 2. The standard InChI is InChI=1S/C13H17BrN2O/c1-16(12(17)13(15)7-2-8-13)9-10-3-5-11(14)6-4-10/h3-6H,2,7-9,15H2,1H3. The van der Waals surface area contributed by atoms with E-state index in [9.17, 15) is 4.79 Å². The number of nitrogens with zero attached hydrogens (tertiary/aromatic N) is 1. The molecular formula is C13H17BrN2O. The lowest BCUT2D eigenvalue weighted by Gasteiger charge is -2.39. The van der Waals surface area contributed by atoms with E-state index in [1.807, 2.05) is 31.3 Å². The Hall–Kier alpha value is -0.870. The van der Waals surface area contributed by atoms with Gasteiger partial charge in [-0.15, -0.1) is 0 Å². The van der Waals surface area contributed by atoms with Crippen molar-refractivity contribution in [3.05, 3.63) is 34.3 Å². The summed E-state index contributed by atoms with van der Waals surface area (Å²) in [7, 11) is 1.82. The fourth-order valence-electron chi connectivity index (χ4n) is 2.09. The van der Waals surface area contributed by atoms with Crippen molar-refractivity contribution in [2.45, 2.75) is 31.3 Å². The van der Waals surface area contributed by atoms with Crippen LogP contribution in [0.15, 0.2) is 28.7 Å². The van der Waals surface area contributed by atoms with Crippen molar-refractivity contribution in [1.82, 2.24) is 4.90 Å². The van der Waals surface area contributed by atoms with E-state index < -0.39 is 5.54 Å². The topological polar surface area (TPSA) is 46.3 Å². The minimum absolute atomic E-state index is 0.0617. The zero-order valence-electron chi connectivity index (χ0n) is 9.95. The quantitative estimate of drug-likeness (QED) is 0.930. The molecule has 0 saturated heterocycles. The summed E-state index contributed by atoms with van der Waals surface area (Å²) >= 11 is 3.39. The predicted octanol–water partition coefficient (Wildman–Crippen LogP) is 2.29. The van der Waals surface area contributed by atoms with Crippen LogP contribution in [0.1, 0.15) is 24.8 Å². The van der Waals surface area contributed by atoms with Crippen molar-refractivity contribution >= 4 is 21.8 Å². The largest absolute Gasteiger partial charge is 0.340 e. The number of amides is 1. The Labute approximate surface area is 110 Å². The van der Waals surface area contributed by atoms with E-state index in [2.05, 4.69) is 15.9 Å². The summed E-state index contributed by atoms with van der Waals surface area (Å²) < 4.78 is 1.05. The molecule has 0 unspecified atom stereocenters. The first-order valence-electron chi connectivity index (χ1n) is 5.80. The number of likely N-dealkylation sites (N-methyl/N-ethyl adjacent to an activating group) is 1. The number of benzene rings is 1. The molecule has 17 heavy (non-hydrogen) atoms. The van der Waals surface area contributed by atoms with Gasteiger partial charge in [0.05, 0.1) is 5.54 Å². The average molecular weight is 297 g/mol. The first-order valence-corrected chi connectivity index (χ1v) is 6.59. The van der Waals surface area contributed by atoms with Crippen LogP contribution in [0.3, 0.4) is 0 Å². The van der Waals surface area contributed by atoms with Crippen LogP contribution in [0.2, 0.25) is 0 Å². The molecule has 2 N–H and O–H groups in total. The van der Waals surface area contributed by atoms with Crippen molar-refractivity contribution in [2.24, 2.45) is 5.73 Å². The summed E-state index contributed by atoms with van der Waals surface area (Å²) in [5.74, 6) is 0.0617. The summed E-state index contributed by atoms with van der Waals surface area (Å²) in [5, 5.41) is 0. The van der Waals surface area contributed by atoms with Crippen LogP contribution in [0.5, 0.6) is 0 Å². The fraction of sp³-hybridized carbons (Fsp3) is 0.462. The Bertz CT molecular complexity index is 412. The third kappa shape index (κ3) is 2.69. The Kier molecular flexibility index (Phi) is 3.54. The molecule has 1 aliphatic carbocycles. The second-order valence-corrected chi connectivity index (χ2v) is 5.71. The minimum Gasteiger partial charge on any atom is -0.340 e. The van der Waals surface area contributed by atoms with Gasteiger partial charge in [0.1, 0.15) is 0 Å². The van der Waals surface area contributed by atoms with Gasteiger partial charge >= 0.3 is 0 Å². The molecule has 0 bridgehead atoms. The summed E-state index contributed by atoms with van der Waals surface area (Å²) in [5.41, 5.74) is 6.55. The SMILES string of the molecule is CN(Cc1ccc(Br)cc1)C(=O)C1(N)CCC1. The molecule has 1 aromatic rings. The number of rotatable bonds is 3. The average Bonchev–Trinajstić information content (AvgIpc) is 2.28. The van der Waals surface area contributed by atoms with Gasteiger partial charge < -0.3 is 10.6 Å². The molecule has 92 valence electrons. The van der Waals surface area contributed by atoms with E-state index in [0.717, 1.165) is 29.3 Å². The highest BCUT2D eigenvalue weighted by Gasteiger charge is 2.41. The van der Waals surface area contributed by atoms with E-state index in [4.69, 9.17) is 5.73 Å². The summed E-state index contributed by atoms with van der Waals surface area (Å²) in [6.45, 7) is 0.616. The third-order valence-electron chi connectivity index (χ3n) is 3.35. The second-order valence-electron chi connectivity index (χ2n) is 4.80. The van der Waals surface area contributed by atoms with Crippen LogP contribution >= 0.6 is 15.9 Å². The summed E-state index contributed by atoms with van der Waals surface area (Å²) in [4.78, 5) is 13.8. The third-order valence-corrected chi connectivity index (χ3v) is 3.88. The maximum atomic E-state index is 12.1. The lowest BCUT2D eigenvalue weighted by molar-refractivity contribution is -0.139. The predicted molar refractivity (Wildman–Crippen MR) is 71.4 cm³/mol. The Balaban J connectivity index is 1.99. The smallest absolute Gasteiger partial charge is 0.242 e. The fourth-order valence-corrected chi connectivity index (χ4v) is 2.35. The molecule has 1 aliphatic rings. The maximum absolute atomic E-state index is 12.1. The second kappa shape index (κ2) is 4.78. The first kappa shape index (κ1) is 12.6. The van der Waals surface area contributed by atoms with Crippen LogP contribution in [0, 0.1) is 0 Å². The van der Waals surface area contributed by atoms with Gasteiger partial charge in [-0.25, -0.2) is 0 Å². The molecule has 1 amide bonds. The molecule has 0 heterocycles. The molecule has 2 rings (SSSR count). The van der Waals surface area contributed by atoms with Gasteiger partial charge in [-0.1, -0.05) is 28.1 Å². The van der Waals surface area contributed by atoms with E-state index in [0.29, 0.717) is 6.54 Å². The highest BCUT2D eigenvalue weighted by atomic mass is 79.9. The van der Waals surface area contributed by atoms with Crippen molar-refractivity contribution in [3.8, 4) is 0 Å². The highest BCUT2D eigenvalue weighted by Crippen LogP contribution is 2.31. The van der Waals surface area contributed by atoms with Gasteiger partial charge in [-0.05, 0) is 37.0 Å².